The molecule has 0 unspecified atom stereocenters. The van der Waals surface area contributed by atoms with Gasteiger partial charge < -0.3 is 5.11 Å². The molecule has 1 N–H and O–H groups in total. The molecule has 0 saturated carbocycles. The maximum Gasteiger partial charge on any atom is 0.144 e. The second-order valence-corrected chi connectivity index (χ2v) is 3.49. The van der Waals surface area contributed by atoms with Crippen LogP contribution in [0.4, 0.5) is 0 Å². The van der Waals surface area contributed by atoms with E-state index in [1.807, 2.05) is 48.5 Å². The molecule has 0 spiro atoms. The first-order chi connectivity index (χ1) is 7.31. The maximum atomic E-state index is 9.31. The van der Waals surface area contributed by atoms with Crippen molar-refractivity contribution < 1.29 is 5.11 Å². The lowest BCUT2D eigenvalue weighted by molar-refractivity contribution is 0.231. The van der Waals surface area contributed by atoms with Gasteiger partial charge in [-0.1, -0.05) is 42.5 Å². The third kappa shape index (κ3) is 1.98. The van der Waals surface area contributed by atoms with Crippen LogP contribution >= 0.6 is 0 Å². The molecule has 2 aromatic carbocycles. The summed E-state index contributed by atoms with van der Waals surface area (Å²) < 4.78 is 0. The lowest BCUT2D eigenvalue weighted by Gasteiger charge is -2.06. The van der Waals surface area contributed by atoms with Gasteiger partial charge in [0, 0.05) is 6.42 Å². The predicted octanol–water partition coefficient (Wildman–Crippen LogP) is 2.27. The summed E-state index contributed by atoms with van der Waals surface area (Å²) in [6.45, 7) is 0. The minimum Gasteiger partial charge on any atom is -0.378 e. The summed E-state index contributed by atoms with van der Waals surface area (Å²) in [5.74, 6) is 0. The molecular weight excluding hydrogens is 186 g/mol. The van der Waals surface area contributed by atoms with Gasteiger partial charge in [0.05, 0.1) is 6.07 Å². The molecule has 74 valence electrons. The monoisotopic (exact) mass is 197 g/mol. The minimum absolute atomic E-state index is 0.387. The predicted molar refractivity (Wildman–Crippen MR) is 59.3 cm³/mol. The third-order valence-corrected chi connectivity index (χ3v) is 2.44. The fourth-order valence-electron chi connectivity index (χ4n) is 1.72. The van der Waals surface area contributed by atoms with Gasteiger partial charge in [0.2, 0.25) is 0 Å². The molecule has 0 bridgehead atoms. The topological polar surface area (TPSA) is 44.0 Å². The van der Waals surface area contributed by atoms with Gasteiger partial charge in [0.1, 0.15) is 6.10 Å². The van der Waals surface area contributed by atoms with Gasteiger partial charge in [-0.2, -0.15) is 5.26 Å². The quantitative estimate of drug-likeness (QED) is 0.750. The van der Waals surface area contributed by atoms with Crippen molar-refractivity contribution in [2.75, 3.05) is 0 Å². The van der Waals surface area contributed by atoms with Crippen LogP contribution in [0.3, 0.4) is 0 Å². The molecule has 0 saturated heterocycles. The largest absolute Gasteiger partial charge is 0.378 e. The van der Waals surface area contributed by atoms with Crippen molar-refractivity contribution in [1.82, 2.24) is 0 Å². The second kappa shape index (κ2) is 4.12. The highest BCUT2D eigenvalue weighted by molar-refractivity contribution is 5.85. The Bertz CT molecular complexity index is 508. The Morgan fingerprint density at radius 1 is 1.13 bits per heavy atom. The zero-order valence-corrected chi connectivity index (χ0v) is 8.22. The van der Waals surface area contributed by atoms with Crippen LogP contribution in [0.2, 0.25) is 0 Å². The van der Waals surface area contributed by atoms with Crippen LogP contribution in [0.1, 0.15) is 5.56 Å². The van der Waals surface area contributed by atoms with Gasteiger partial charge in [-0.3, -0.25) is 0 Å². The minimum atomic E-state index is -0.921. The summed E-state index contributed by atoms with van der Waals surface area (Å²) in [6.07, 6.45) is -0.534. The molecular formula is C13H11NO. The standard InChI is InChI=1S/C13H11NO/c14-9-12(15)8-11-6-3-5-10-4-1-2-7-13(10)11/h1-7,12,15H,8H2/t12-/m0/s1. The molecule has 2 heteroatoms. The van der Waals surface area contributed by atoms with Gasteiger partial charge >= 0.3 is 0 Å². The number of nitrogens with zero attached hydrogens (tertiary/aromatic N) is 1. The first kappa shape index (κ1) is 9.70. The van der Waals surface area contributed by atoms with Gasteiger partial charge in [-0.25, -0.2) is 0 Å². The molecule has 0 aliphatic carbocycles. The molecule has 2 rings (SSSR count). The molecule has 0 aromatic heterocycles. The van der Waals surface area contributed by atoms with E-state index in [0.717, 1.165) is 16.3 Å². The van der Waals surface area contributed by atoms with Crippen LogP contribution in [0.15, 0.2) is 42.5 Å². The van der Waals surface area contributed by atoms with E-state index in [1.165, 1.54) is 0 Å². The lowest BCUT2D eigenvalue weighted by Crippen LogP contribution is -2.06. The average molecular weight is 197 g/mol. The van der Waals surface area contributed by atoms with Gasteiger partial charge in [-0.05, 0) is 16.3 Å². The fourth-order valence-corrected chi connectivity index (χ4v) is 1.72. The van der Waals surface area contributed by atoms with E-state index in [0.29, 0.717) is 6.42 Å². The van der Waals surface area contributed by atoms with E-state index in [1.54, 1.807) is 0 Å². The van der Waals surface area contributed by atoms with E-state index >= 15 is 0 Å². The van der Waals surface area contributed by atoms with Crippen molar-refractivity contribution in [2.24, 2.45) is 0 Å². The van der Waals surface area contributed by atoms with Crippen LogP contribution < -0.4 is 0 Å². The highest BCUT2D eigenvalue weighted by atomic mass is 16.3. The Hall–Kier alpha value is -1.85. The molecule has 2 nitrogen and oxygen atoms in total. The van der Waals surface area contributed by atoms with Gasteiger partial charge in [0.15, 0.2) is 0 Å². The Balaban J connectivity index is 2.48. The SMILES string of the molecule is N#C[C@@H](O)Cc1cccc2ccccc12. The van der Waals surface area contributed by atoms with Crippen molar-refractivity contribution in [2.45, 2.75) is 12.5 Å². The molecule has 15 heavy (non-hydrogen) atoms. The molecule has 0 fully saturated rings. The molecule has 0 aliphatic rings. The Morgan fingerprint density at radius 3 is 2.67 bits per heavy atom. The summed E-state index contributed by atoms with van der Waals surface area (Å²) >= 11 is 0. The van der Waals surface area contributed by atoms with Crippen molar-refractivity contribution in [1.29, 1.82) is 5.26 Å². The normalized spacial score (nSPS) is 12.3. The molecule has 0 radical (unpaired) electrons. The van der Waals surface area contributed by atoms with Crippen LogP contribution in [0.25, 0.3) is 10.8 Å². The summed E-state index contributed by atoms with van der Waals surface area (Å²) in [7, 11) is 0. The van der Waals surface area contributed by atoms with Gasteiger partial charge in [0.25, 0.3) is 0 Å². The summed E-state index contributed by atoms with van der Waals surface area (Å²) in [4.78, 5) is 0. The summed E-state index contributed by atoms with van der Waals surface area (Å²) in [5.41, 5.74) is 1.02. The number of fused-ring (bicyclic) bond motifs is 1. The van der Waals surface area contributed by atoms with Crippen LogP contribution in [-0.2, 0) is 6.42 Å². The summed E-state index contributed by atoms with van der Waals surface area (Å²) in [6, 6.07) is 15.7. The molecule has 0 amide bonds. The Kier molecular flexibility index (Phi) is 2.66. The van der Waals surface area contributed by atoms with E-state index in [-0.39, 0.29) is 0 Å². The number of nitriles is 1. The average Bonchev–Trinajstić information content (AvgIpc) is 2.29. The van der Waals surface area contributed by atoms with Crippen molar-refractivity contribution in [3.8, 4) is 6.07 Å². The molecule has 0 aliphatic heterocycles. The smallest absolute Gasteiger partial charge is 0.144 e. The number of hydrogen-bond donors (Lipinski definition) is 1. The van der Waals surface area contributed by atoms with Crippen LogP contribution in [0.5, 0.6) is 0 Å². The third-order valence-electron chi connectivity index (χ3n) is 2.44. The van der Waals surface area contributed by atoms with Crippen LogP contribution in [0, 0.1) is 11.3 Å². The van der Waals surface area contributed by atoms with E-state index in [4.69, 9.17) is 5.26 Å². The zero-order valence-electron chi connectivity index (χ0n) is 8.22. The Labute approximate surface area is 88.4 Å². The highest BCUT2D eigenvalue weighted by Crippen LogP contribution is 2.19. The molecule has 2 aromatic rings. The van der Waals surface area contributed by atoms with E-state index in [9.17, 15) is 5.11 Å². The highest BCUT2D eigenvalue weighted by Gasteiger charge is 2.06. The zero-order chi connectivity index (χ0) is 10.7. The number of rotatable bonds is 2. The first-order valence-corrected chi connectivity index (χ1v) is 4.85. The number of benzene rings is 2. The molecule has 0 heterocycles. The number of hydrogen-bond acceptors (Lipinski definition) is 2. The number of aliphatic hydroxyl groups is 1. The Morgan fingerprint density at radius 2 is 1.87 bits per heavy atom. The second-order valence-electron chi connectivity index (χ2n) is 3.49. The van der Waals surface area contributed by atoms with Crippen LogP contribution in [-0.4, -0.2) is 11.2 Å². The summed E-state index contributed by atoms with van der Waals surface area (Å²) in [5, 5.41) is 20.1. The number of aliphatic hydroxyl groups excluding tert-OH is 1. The van der Waals surface area contributed by atoms with Crippen molar-refractivity contribution in [3.05, 3.63) is 48.0 Å². The lowest BCUT2D eigenvalue weighted by atomic mass is 10.0. The first-order valence-electron chi connectivity index (χ1n) is 4.85. The fraction of sp³-hybridized carbons (Fsp3) is 0.154. The van der Waals surface area contributed by atoms with E-state index in [2.05, 4.69) is 0 Å². The maximum absolute atomic E-state index is 9.31. The van der Waals surface area contributed by atoms with Crippen molar-refractivity contribution >= 4 is 10.8 Å². The van der Waals surface area contributed by atoms with Gasteiger partial charge in [-0.15, -0.1) is 0 Å². The van der Waals surface area contributed by atoms with Crippen molar-refractivity contribution in [3.63, 3.8) is 0 Å². The molecule has 1 atom stereocenters. The van der Waals surface area contributed by atoms with E-state index < -0.39 is 6.10 Å².